The van der Waals surface area contributed by atoms with Crippen molar-refractivity contribution in [2.24, 2.45) is 0 Å². The summed E-state index contributed by atoms with van der Waals surface area (Å²) in [6, 6.07) is 11.6. The average Bonchev–Trinajstić information content (AvgIpc) is 2.45. The molecule has 0 radical (unpaired) electrons. The maximum absolute atomic E-state index is 13.4. The summed E-state index contributed by atoms with van der Waals surface area (Å²) in [6.07, 6.45) is 2.34. The van der Waals surface area contributed by atoms with Gasteiger partial charge in [0.05, 0.1) is 0 Å². The molecule has 0 saturated heterocycles. The second kappa shape index (κ2) is 5.19. The van der Waals surface area contributed by atoms with Crippen molar-refractivity contribution < 1.29 is 9.50 Å². The molecule has 2 aromatic carbocycles. The molecule has 4 heteroatoms. The van der Waals surface area contributed by atoms with Crippen molar-refractivity contribution in [1.82, 2.24) is 4.98 Å². The van der Waals surface area contributed by atoms with E-state index in [-0.39, 0.29) is 5.02 Å². The monoisotopic (exact) mass is 287 g/mol. The molecule has 0 spiro atoms. The predicted molar refractivity (Wildman–Crippen MR) is 77.2 cm³/mol. The van der Waals surface area contributed by atoms with Crippen molar-refractivity contribution in [2.45, 2.75) is 6.10 Å². The molecular weight excluding hydrogens is 277 g/mol. The maximum atomic E-state index is 13.4. The highest BCUT2D eigenvalue weighted by molar-refractivity contribution is 6.30. The first kappa shape index (κ1) is 13.0. The van der Waals surface area contributed by atoms with Gasteiger partial charge in [0, 0.05) is 28.4 Å². The summed E-state index contributed by atoms with van der Waals surface area (Å²) in [5, 5.41) is 12.5. The molecule has 20 heavy (non-hydrogen) atoms. The summed E-state index contributed by atoms with van der Waals surface area (Å²) in [5.41, 5.74) is 1.04. The van der Waals surface area contributed by atoms with E-state index in [4.69, 9.17) is 11.6 Å². The molecule has 0 aliphatic rings. The zero-order valence-corrected chi connectivity index (χ0v) is 11.2. The Morgan fingerprint density at radius 1 is 1.10 bits per heavy atom. The van der Waals surface area contributed by atoms with Gasteiger partial charge in [-0.05, 0) is 29.1 Å². The molecule has 0 saturated carbocycles. The second-order valence-corrected chi connectivity index (χ2v) is 4.99. The summed E-state index contributed by atoms with van der Waals surface area (Å²) in [6.45, 7) is 0. The van der Waals surface area contributed by atoms with E-state index >= 15 is 0 Å². The molecule has 1 N–H and O–H groups in total. The normalized spacial score (nSPS) is 12.6. The second-order valence-electron chi connectivity index (χ2n) is 4.56. The third-order valence-electron chi connectivity index (χ3n) is 3.19. The fourth-order valence-corrected chi connectivity index (χ4v) is 2.50. The number of aromatic nitrogens is 1. The zero-order valence-electron chi connectivity index (χ0n) is 10.4. The number of benzene rings is 2. The van der Waals surface area contributed by atoms with Crippen molar-refractivity contribution >= 4 is 22.4 Å². The van der Waals surface area contributed by atoms with Crippen LogP contribution in [0.4, 0.5) is 4.39 Å². The first-order valence-electron chi connectivity index (χ1n) is 6.12. The summed E-state index contributed by atoms with van der Waals surface area (Å²) in [4.78, 5) is 4.12. The lowest BCUT2D eigenvalue weighted by Crippen LogP contribution is -2.02. The Balaban J connectivity index is 2.15. The summed E-state index contributed by atoms with van der Waals surface area (Å²) >= 11 is 5.83. The van der Waals surface area contributed by atoms with Crippen LogP contribution >= 0.6 is 11.6 Å². The van der Waals surface area contributed by atoms with Crippen LogP contribution < -0.4 is 0 Å². The minimum absolute atomic E-state index is 0.257. The van der Waals surface area contributed by atoms with Gasteiger partial charge in [0.15, 0.2) is 0 Å². The van der Waals surface area contributed by atoms with Crippen molar-refractivity contribution in [3.63, 3.8) is 0 Å². The van der Waals surface area contributed by atoms with Gasteiger partial charge in [-0.2, -0.15) is 0 Å². The summed E-state index contributed by atoms with van der Waals surface area (Å²) < 4.78 is 13.4. The number of rotatable bonds is 2. The highest BCUT2D eigenvalue weighted by Gasteiger charge is 2.15. The minimum atomic E-state index is -0.971. The first-order valence-corrected chi connectivity index (χ1v) is 6.49. The van der Waals surface area contributed by atoms with Crippen molar-refractivity contribution in [3.8, 4) is 0 Å². The smallest absolute Gasteiger partial charge is 0.125 e. The van der Waals surface area contributed by atoms with Gasteiger partial charge in [0.25, 0.3) is 0 Å². The lowest BCUT2D eigenvalue weighted by Gasteiger charge is -2.14. The predicted octanol–water partition coefficient (Wildman–Crippen LogP) is 4.11. The maximum Gasteiger partial charge on any atom is 0.125 e. The van der Waals surface area contributed by atoms with E-state index < -0.39 is 11.9 Å². The number of nitrogens with zero attached hydrogens (tertiary/aromatic N) is 1. The van der Waals surface area contributed by atoms with Gasteiger partial charge in [-0.25, -0.2) is 4.39 Å². The Kier molecular flexibility index (Phi) is 3.38. The zero-order chi connectivity index (χ0) is 14.1. The van der Waals surface area contributed by atoms with Crippen LogP contribution in [0, 0.1) is 5.82 Å². The number of aliphatic hydroxyl groups is 1. The molecule has 1 aromatic heterocycles. The molecule has 0 aliphatic heterocycles. The first-order chi connectivity index (χ1) is 9.65. The van der Waals surface area contributed by atoms with Gasteiger partial charge < -0.3 is 5.11 Å². The number of hydrogen-bond donors (Lipinski definition) is 1. The van der Waals surface area contributed by atoms with Gasteiger partial charge in [0.2, 0.25) is 0 Å². The van der Waals surface area contributed by atoms with E-state index in [1.54, 1.807) is 18.5 Å². The molecule has 3 aromatic rings. The van der Waals surface area contributed by atoms with Crippen molar-refractivity contribution in [1.29, 1.82) is 0 Å². The van der Waals surface area contributed by atoms with Crippen LogP contribution in [0.1, 0.15) is 17.2 Å². The standard InChI is InChI=1S/C16H11ClFNO/c17-12-5-11(6-13(18)7-12)16(20)15-9-19-8-10-3-1-2-4-14(10)15/h1-9,16,20H. The fourth-order valence-electron chi connectivity index (χ4n) is 2.27. The lowest BCUT2D eigenvalue weighted by molar-refractivity contribution is 0.221. The molecule has 0 bridgehead atoms. The van der Waals surface area contributed by atoms with Gasteiger partial charge >= 0.3 is 0 Å². The van der Waals surface area contributed by atoms with E-state index in [0.29, 0.717) is 11.1 Å². The minimum Gasteiger partial charge on any atom is -0.384 e. The summed E-state index contributed by atoms with van der Waals surface area (Å²) in [5.74, 6) is -0.472. The summed E-state index contributed by atoms with van der Waals surface area (Å²) in [7, 11) is 0. The van der Waals surface area contributed by atoms with Gasteiger partial charge in [0.1, 0.15) is 11.9 Å². The van der Waals surface area contributed by atoms with Gasteiger partial charge in [-0.1, -0.05) is 35.9 Å². The Bertz CT molecular complexity index is 750. The topological polar surface area (TPSA) is 33.1 Å². The van der Waals surface area contributed by atoms with Crippen LogP contribution in [-0.2, 0) is 0 Å². The number of pyridine rings is 1. The molecule has 0 fully saturated rings. The Hall–Kier alpha value is -1.97. The molecule has 1 unspecified atom stereocenters. The number of fused-ring (bicyclic) bond motifs is 1. The molecule has 0 amide bonds. The van der Waals surface area contributed by atoms with Crippen LogP contribution in [0.25, 0.3) is 10.8 Å². The van der Waals surface area contributed by atoms with E-state index in [2.05, 4.69) is 4.98 Å². The van der Waals surface area contributed by atoms with Gasteiger partial charge in [-0.15, -0.1) is 0 Å². The third-order valence-corrected chi connectivity index (χ3v) is 3.41. The quantitative estimate of drug-likeness (QED) is 0.769. The largest absolute Gasteiger partial charge is 0.384 e. The number of halogens is 2. The Morgan fingerprint density at radius 2 is 1.90 bits per heavy atom. The van der Waals surface area contributed by atoms with Crippen LogP contribution in [0.15, 0.2) is 54.9 Å². The number of hydrogen-bond acceptors (Lipinski definition) is 2. The van der Waals surface area contributed by atoms with Crippen LogP contribution in [0.5, 0.6) is 0 Å². The highest BCUT2D eigenvalue weighted by Crippen LogP contribution is 2.29. The Labute approximate surface area is 120 Å². The van der Waals surface area contributed by atoms with Crippen LogP contribution in [-0.4, -0.2) is 10.1 Å². The van der Waals surface area contributed by atoms with E-state index in [9.17, 15) is 9.50 Å². The fraction of sp³-hybridized carbons (Fsp3) is 0.0625. The molecule has 1 heterocycles. The van der Waals surface area contributed by atoms with E-state index in [1.165, 1.54) is 12.1 Å². The van der Waals surface area contributed by atoms with Crippen molar-refractivity contribution in [2.75, 3.05) is 0 Å². The Morgan fingerprint density at radius 3 is 2.70 bits per heavy atom. The molecule has 3 rings (SSSR count). The van der Waals surface area contributed by atoms with E-state index in [1.807, 2.05) is 24.3 Å². The third kappa shape index (κ3) is 2.38. The SMILES string of the molecule is OC(c1cc(F)cc(Cl)c1)c1cncc2ccccc12. The average molecular weight is 288 g/mol. The molecule has 2 nitrogen and oxygen atoms in total. The van der Waals surface area contributed by atoms with E-state index in [0.717, 1.165) is 10.8 Å². The highest BCUT2D eigenvalue weighted by atomic mass is 35.5. The molecule has 100 valence electrons. The lowest BCUT2D eigenvalue weighted by atomic mass is 9.98. The molecular formula is C16H11ClFNO. The number of aliphatic hydroxyl groups excluding tert-OH is 1. The van der Waals surface area contributed by atoms with Gasteiger partial charge in [-0.3, -0.25) is 4.98 Å². The molecule has 1 atom stereocenters. The van der Waals surface area contributed by atoms with Crippen molar-refractivity contribution in [3.05, 3.63) is 76.8 Å². The molecule has 0 aliphatic carbocycles. The van der Waals surface area contributed by atoms with Crippen LogP contribution in [0.2, 0.25) is 5.02 Å². The van der Waals surface area contributed by atoms with Crippen LogP contribution in [0.3, 0.4) is 0 Å².